The zero-order valence-electron chi connectivity index (χ0n) is 12.8. The first kappa shape index (κ1) is 15.0. The molecule has 5 heteroatoms. The summed E-state index contributed by atoms with van der Waals surface area (Å²) >= 11 is 0. The van der Waals surface area contributed by atoms with E-state index in [0.717, 1.165) is 23.4 Å². The highest BCUT2D eigenvalue weighted by molar-refractivity contribution is 6.04. The summed E-state index contributed by atoms with van der Waals surface area (Å²) in [7, 11) is 1.75. The predicted octanol–water partition coefficient (Wildman–Crippen LogP) is 2.80. The molecular formula is C16H20N4O. The van der Waals surface area contributed by atoms with Crippen molar-refractivity contribution in [1.29, 1.82) is 0 Å². The zero-order valence-corrected chi connectivity index (χ0v) is 12.8. The van der Waals surface area contributed by atoms with Gasteiger partial charge in [0.25, 0.3) is 5.91 Å². The second kappa shape index (κ2) is 6.35. The molecule has 1 aromatic heterocycles. The third-order valence-corrected chi connectivity index (χ3v) is 3.11. The molecule has 21 heavy (non-hydrogen) atoms. The monoisotopic (exact) mass is 284 g/mol. The molecule has 0 saturated heterocycles. The van der Waals surface area contributed by atoms with Crippen LogP contribution in [0.3, 0.4) is 0 Å². The summed E-state index contributed by atoms with van der Waals surface area (Å²) < 4.78 is 0. The first-order valence-electron chi connectivity index (χ1n) is 6.93. The summed E-state index contributed by atoms with van der Waals surface area (Å²) in [4.78, 5) is 22.5. The van der Waals surface area contributed by atoms with Gasteiger partial charge in [-0.2, -0.15) is 0 Å². The van der Waals surface area contributed by atoms with Gasteiger partial charge in [0, 0.05) is 19.3 Å². The van der Waals surface area contributed by atoms with E-state index in [-0.39, 0.29) is 5.91 Å². The summed E-state index contributed by atoms with van der Waals surface area (Å²) in [6.07, 6.45) is 3.10. The number of aryl methyl sites for hydroxylation is 2. The molecular weight excluding hydrogens is 264 g/mol. The number of hydrogen-bond donors (Lipinski definition) is 1. The first-order chi connectivity index (χ1) is 10.0. The SMILES string of the molecule is CCNc1cncc(C(=O)N(C)c2cc(C)cc(C)c2)n1. The topological polar surface area (TPSA) is 58.1 Å². The molecule has 0 atom stereocenters. The summed E-state index contributed by atoms with van der Waals surface area (Å²) in [5.41, 5.74) is 3.43. The fourth-order valence-electron chi connectivity index (χ4n) is 2.17. The molecule has 2 aromatic rings. The maximum atomic E-state index is 12.5. The minimum Gasteiger partial charge on any atom is -0.369 e. The second-order valence-corrected chi connectivity index (χ2v) is 5.03. The van der Waals surface area contributed by atoms with Crippen LogP contribution in [0.25, 0.3) is 0 Å². The van der Waals surface area contributed by atoms with Gasteiger partial charge in [-0.3, -0.25) is 9.78 Å². The number of carbonyl (C=O) groups is 1. The molecule has 1 heterocycles. The normalized spacial score (nSPS) is 10.3. The lowest BCUT2D eigenvalue weighted by Crippen LogP contribution is -2.27. The largest absolute Gasteiger partial charge is 0.369 e. The van der Waals surface area contributed by atoms with Crippen LogP contribution in [0, 0.1) is 13.8 Å². The van der Waals surface area contributed by atoms with E-state index in [4.69, 9.17) is 0 Å². The summed E-state index contributed by atoms with van der Waals surface area (Å²) in [5, 5.41) is 3.06. The number of rotatable bonds is 4. The van der Waals surface area contributed by atoms with Crippen LogP contribution in [0.4, 0.5) is 11.5 Å². The van der Waals surface area contributed by atoms with Crippen molar-refractivity contribution in [3.8, 4) is 0 Å². The number of nitrogens with one attached hydrogen (secondary N) is 1. The number of nitrogens with zero attached hydrogens (tertiary/aromatic N) is 3. The maximum Gasteiger partial charge on any atom is 0.278 e. The fourth-order valence-corrected chi connectivity index (χ4v) is 2.17. The van der Waals surface area contributed by atoms with Crippen LogP contribution in [0.1, 0.15) is 28.5 Å². The Balaban J connectivity index is 2.28. The maximum absolute atomic E-state index is 12.5. The van der Waals surface area contributed by atoms with Gasteiger partial charge < -0.3 is 10.2 Å². The van der Waals surface area contributed by atoms with Crippen LogP contribution < -0.4 is 10.2 Å². The number of hydrogen-bond acceptors (Lipinski definition) is 4. The van der Waals surface area contributed by atoms with Gasteiger partial charge >= 0.3 is 0 Å². The van der Waals surface area contributed by atoms with Gasteiger partial charge in [0.1, 0.15) is 11.5 Å². The molecule has 0 spiro atoms. The van der Waals surface area contributed by atoms with E-state index >= 15 is 0 Å². The van der Waals surface area contributed by atoms with Gasteiger partial charge in [-0.05, 0) is 44.0 Å². The molecule has 0 radical (unpaired) electrons. The highest BCUT2D eigenvalue weighted by atomic mass is 16.2. The Hall–Kier alpha value is -2.43. The summed E-state index contributed by atoms with van der Waals surface area (Å²) in [6.45, 7) is 6.73. The third kappa shape index (κ3) is 3.56. The zero-order chi connectivity index (χ0) is 15.4. The van der Waals surface area contributed by atoms with Gasteiger partial charge in [-0.1, -0.05) is 6.07 Å². The van der Waals surface area contributed by atoms with E-state index in [9.17, 15) is 4.79 Å². The molecule has 0 aliphatic heterocycles. The summed E-state index contributed by atoms with van der Waals surface area (Å²) in [5.74, 6) is 0.435. The van der Waals surface area contributed by atoms with E-state index in [0.29, 0.717) is 11.5 Å². The average Bonchev–Trinajstić information content (AvgIpc) is 2.45. The number of carbonyl (C=O) groups excluding carboxylic acids is 1. The molecule has 0 aliphatic carbocycles. The molecule has 5 nitrogen and oxygen atoms in total. The van der Waals surface area contributed by atoms with E-state index in [1.54, 1.807) is 18.1 Å². The van der Waals surface area contributed by atoms with Gasteiger partial charge in [0.15, 0.2) is 0 Å². The van der Waals surface area contributed by atoms with E-state index in [1.807, 2.05) is 32.9 Å². The Kier molecular flexibility index (Phi) is 4.52. The number of benzene rings is 1. The fraction of sp³-hybridized carbons (Fsp3) is 0.312. The van der Waals surface area contributed by atoms with Gasteiger partial charge in [-0.15, -0.1) is 0 Å². The van der Waals surface area contributed by atoms with Crippen molar-refractivity contribution in [2.24, 2.45) is 0 Å². The molecule has 1 aromatic carbocycles. The van der Waals surface area contributed by atoms with E-state index < -0.39 is 0 Å². The van der Waals surface area contributed by atoms with Crippen molar-refractivity contribution in [2.45, 2.75) is 20.8 Å². The van der Waals surface area contributed by atoms with E-state index in [1.165, 1.54) is 6.20 Å². The van der Waals surface area contributed by atoms with Crippen molar-refractivity contribution in [2.75, 3.05) is 23.8 Å². The van der Waals surface area contributed by atoms with Crippen molar-refractivity contribution >= 4 is 17.4 Å². The minimum absolute atomic E-state index is 0.174. The van der Waals surface area contributed by atoms with Crippen LogP contribution in [-0.4, -0.2) is 29.5 Å². The van der Waals surface area contributed by atoms with Gasteiger partial charge in [0.2, 0.25) is 0 Å². The summed E-state index contributed by atoms with van der Waals surface area (Å²) in [6, 6.07) is 6.03. The first-order valence-corrected chi connectivity index (χ1v) is 6.93. The minimum atomic E-state index is -0.174. The molecule has 0 bridgehead atoms. The lowest BCUT2D eigenvalue weighted by atomic mass is 10.1. The lowest BCUT2D eigenvalue weighted by molar-refractivity contribution is 0.0988. The van der Waals surface area contributed by atoms with Gasteiger partial charge in [-0.25, -0.2) is 4.98 Å². The van der Waals surface area contributed by atoms with Crippen molar-refractivity contribution in [3.63, 3.8) is 0 Å². The average molecular weight is 284 g/mol. The van der Waals surface area contributed by atoms with Gasteiger partial charge in [0.05, 0.1) is 12.4 Å². The highest BCUT2D eigenvalue weighted by Gasteiger charge is 2.16. The molecule has 2 rings (SSSR count). The smallest absolute Gasteiger partial charge is 0.278 e. The molecule has 0 saturated carbocycles. The highest BCUT2D eigenvalue weighted by Crippen LogP contribution is 2.19. The molecule has 1 N–H and O–H groups in total. The predicted molar refractivity (Wildman–Crippen MR) is 84.8 cm³/mol. The van der Waals surface area contributed by atoms with Crippen molar-refractivity contribution < 1.29 is 4.79 Å². The van der Waals surface area contributed by atoms with Crippen LogP contribution in [0.15, 0.2) is 30.6 Å². The van der Waals surface area contributed by atoms with Crippen molar-refractivity contribution in [3.05, 3.63) is 47.4 Å². The molecule has 110 valence electrons. The lowest BCUT2D eigenvalue weighted by Gasteiger charge is -2.18. The van der Waals surface area contributed by atoms with Crippen LogP contribution in [0.2, 0.25) is 0 Å². The second-order valence-electron chi connectivity index (χ2n) is 5.03. The van der Waals surface area contributed by atoms with Crippen molar-refractivity contribution in [1.82, 2.24) is 9.97 Å². The Labute approximate surface area is 125 Å². The van der Waals surface area contributed by atoms with Crippen LogP contribution in [-0.2, 0) is 0 Å². The molecule has 0 fully saturated rings. The van der Waals surface area contributed by atoms with Crippen LogP contribution >= 0.6 is 0 Å². The number of anilines is 2. The standard InChI is InChI=1S/C16H20N4O/c1-5-18-15-10-17-9-14(19-15)16(21)20(4)13-7-11(2)6-12(3)8-13/h6-10H,5H2,1-4H3,(H,18,19). The third-order valence-electron chi connectivity index (χ3n) is 3.11. The molecule has 0 unspecified atom stereocenters. The Morgan fingerprint density at radius 3 is 2.48 bits per heavy atom. The Morgan fingerprint density at radius 1 is 1.19 bits per heavy atom. The Morgan fingerprint density at radius 2 is 1.86 bits per heavy atom. The molecule has 0 aliphatic rings. The number of aromatic nitrogens is 2. The van der Waals surface area contributed by atoms with Crippen LogP contribution in [0.5, 0.6) is 0 Å². The molecule has 1 amide bonds. The quantitative estimate of drug-likeness (QED) is 0.938. The van der Waals surface area contributed by atoms with E-state index in [2.05, 4.69) is 21.4 Å². The number of amides is 1. The Bertz CT molecular complexity index is 634.